The van der Waals surface area contributed by atoms with E-state index in [4.69, 9.17) is 4.52 Å². The average molecular weight is 448 g/mol. The van der Waals surface area contributed by atoms with Gasteiger partial charge in [-0.15, -0.1) is 24.0 Å². The third kappa shape index (κ3) is 5.30. The zero-order valence-corrected chi connectivity index (χ0v) is 17.0. The highest BCUT2D eigenvalue weighted by Gasteiger charge is 2.30. The van der Waals surface area contributed by atoms with Gasteiger partial charge in [0, 0.05) is 38.6 Å². The van der Waals surface area contributed by atoms with E-state index >= 15 is 0 Å². The van der Waals surface area contributed by atoms with Gasteiger partial charge in [-0.25, -0.2) is 4.99 Å². The first kappa shape index (κ1) is 19.4. The number of hydrogen-bond acceptors (Lipinski definition) is 5. The fourth-order valence-electron chi connectivity index (χ4n) is 3.57. The van der Waals surface area contributed by atoms with Gasteiger partial charge in [-0.3, -0.25) is 4.90 Å². The SMILES string of the molecule is CCNC(=NCc1noc(C)n1)NC1CCN(C2CCCC2)C1.I. The minimum Gasteiger partial charge on any atom is -0.357 e. The Hall–Kier alpha value is -0.900. The molecule has 2 N–H and O–H groups in total. The Balaban J connectivity index is 0.00000208. The number of guanidine groups is 1. The highest BCUT2D eigenvalue weighted by Crippen LogP contribution is 2.26. The van der Waals surface area contributed by atoms with E-state index in [1.54, 1.807) is 6.92 Å². The second-order valence-corrected chi connectivity index (χ2v) is 6.49. The Morgan fingerprint density at radius 3 is 2.79 bits per heavy atom. The first-order valence-corrected chi connectivity index (χ1v) is 8.82. The zero-order valence-electron chi connectivity index (χ0n) is 14.6. The van der Waals surface area contributed by atoms with Crippen LogP contribution in [-0.4, -0.2) is 52.7 Å². The number of nitrogens with zero attached hydrogens (tertiary/aromatic N) is 4. The predicted molar refractivity (Wildman–Crippen MR) is 105 cm³/mol. The lowest BCUT2D eigenvalue weighted by atomic mass is 10.2. The third-order valence-electron chi connectivity index (χ3n) is 4.69. The number of aliphatic imine (C=N–C) groups is 1. The summed E-state index contributed by atoms with van der Waals surface area (Å²) in [5.74, 6) is 2.04. The standard InChI is InChI=1S/C16H28N6O.HI/c1-3-17-16(18-10-15-19-12(2)23-21-15)20-13-8-9-22(11-13)14-6-4-5-7-14;/h13-14H,3-11H2,1-2H3,(H2,17,18,20);1H. The average Bonchev–Trinajstić information content (AvgIpc) is 3.26. The van der Waals surface area contributed by atoms with Gasteiger partial charge in [0.05, 0.1) is 0 Å². The summed E-state index contributed by atoms with van der Waals surface area (Å²) < 4.78 is 4.98. The Morgan fingerprint density at radius 1 is 1.33 bits per heavy atom. The van der Waals surface area contributed by atoms with Gasteiger partial charge in [0.2, 0.25) is 5.89 Å². The molecule has 1 aromatic rings. The number of aromatic nitrogens is 2. The number of nitrogens with one attached hydrogen (secondary N) is 2. The molecule has 8 heteroatoms. The number of aryl methyl sites for hydroxylation is 1. The lowest BCUT2D eigenvalue weighted by Crippen LogP contribution is -2.45. The Kier molecular flexibility index (Phi) is 7.73. The van der Waals surface area contributed by atoms with Crippen molar-refractivity contribution in [2.45, 2.75) is 64.6 Å². The van der Waals surface area contributed by atoms with E-state index in [1.807, 2.05) is 0 Å². The van der Waals surface area contributed by atoms with Crippen molar-refractivity contribution in [2.24, 2.45) is 4.99 Å². The number of rotatable bonds is 5. The molecule has 2 aliphatic rings. The van der Waals surface area contributed by atoms with Gasteiger partial charge >= 0.3 is 0 Å². The fourth-order valence-corrected chi connectivity index (χ4v) is 3.57. The van der Waals surface area contributed by atoms with Gasteiger partial charge < -0.3 is 15.2 Å². The van der Waals surface area contributed by atoms with Crippen molar-refractivity contribution in [3.05, 3.63) is 11.7 Å². The van der Waals surface area contributed by atoms with E-state index in [9.17, 15) is 0 Å². The van der Waals surface area contributed by atoms with Crippen LogP contribution in [0.4, 0.5) is 0 Å². The van der Waals surface area contributed by atoms with E-state index in [0.717, 1.165) is 25.1 Å². The minimum absolute atomic E-state index is 0. The number of likely N-dealkylation sites (tertiary alicyclic amines) is 1. The highest BCUT2D eigenvalue weighted by atomic mass is 127. The van der Waals surface area contributed by atoms with E-state index in [1.165, 1.54) is 38.6 Å². The van der Waals surface area contributed by atoms with Crippen molar-refractivity contribution in [3.63, 3.8) is 0 Å². The molecule has 136 valence electrons. The summed E-state index contributed by atoms with van der Waals surface area (Å²) in [5.41, 5.74) is 0. The summed E-state index contributed by atoms with van der Waals surface area (Å²) in [6, 6.07) is 1.28. The molecule has 0 aromatic carbocycles. The van der Waals surface area contributed by atoms with E-state index < -0.39 is 0 Å². The van der Waals surface area contributed by atoms with Crippen LogP contribution in [0.5, 0.6) is 0 Å². The van der Waals surface area contributed by atoms with Crippen LogP contribution < -0.4 is 10.6 Å². The smallest absolute Gasteiger partial charge is 0.223 e. The highest BCUT2D eigenvalue weighted by molar-refractivity contribution is 14.0. The molecule has 24 heavy (non-hydrogen) atoms. The van der Waals surface area contributed by atoms with Gasteiger partial charge in [-0.1, -0.05) is 18.0 Å². The Bertz CT molecular complexity index is 528. The van der Waals surface area contributed by atoms with Crippen LogP contribution in [0.15, 0.2) is 9.52 Å². The normalized spacial score (nSPS) is 22.6. The van der Waals surface area contributed by atoms with Crippen LogP contribution in [-0.2, 0) is 6.54 Å². The van der Waals surface area contributed by atoms with E-state index in [2.05, 4.69) is 37.6 Å². The maximum Gasteiger partial charge on any atom is 0.223 e. The molecule has 3 rings (SSSR count). The van der Waals surface area contributed by atoms with Crippen molar-refractivity contribution in [2.75, 3.05) is 19.6 Å². The maximum absolute atomic E-state index is 4.98. The molecule has 0 amide bonds. The quantitative estimate of drug-likeness (QED) is 0.408. The van der Waals surface area contributed by atoms with Gasteiger partial charge in [0.25, 0.3) is 0 Å². The maximum atomic E-state index is 4.98. The lowest BCUT2D eigenvalue weighted by molar-refractivity contribution is 0.242. The Morgan fingerprint density at radius 2 is 2.12 bits per heavy atom. The summed E-state index contributed by atoms with van der Waals surface area (Å²) in [6.07, 6.45) is 6.72. The molecular formula is C16H29IN6O. The largest absolute Gasteiger partial charge is 0.357 e. The summed E-state index contributed by atoms with van der Waals surface area (Å²) in [5, 5.41) is 10.8. The third-order valence-corrected chi connectivity index (χ3v) is 4.69. The van der Waals surface area contributed by atoms with Gasteiger partial charge in [-0.2, -0.15) is 4.98 Å². The fraction of sp³-hybridized carbons (Fsp3) is 0.812. The molecule has 2 heterocycles. The molecule has 1 saturated heterocycles. The molecule has 2 fully saturated rings. The second-order valence-electron chi connectivity index (χ2n) is 6.49. The first-order valence-electron chi connectivity index (χ1n) is 8.82. The molecular weight excluding hydrogens is 419 g/mol. The molecule has 1 unspecified atom stereocenters. The summed E-state index contributed by atoms with van der Waals surface area (Å²) >= 11 is 0. The topological polar surface area (TPSA) is 78.6 Å². The van der Waals surface area contributed by atoms with Crippen LogP contribution in [0.2, 0.25) is 0 Å². The summed E-state index contributed by atoms with van der Waals surface area (Å²) in [6.45, 7) is 7.47. The van der Waals surface area contributed by atoms with Crippen LogP contribution in [0.25, 0.3) is 0 Å². The lowest BCUT2D eigenvalue weighted by Gasteiger charge is -2.24. The van der Waals surface area contributed by atoms with Crippen molar-refractivity contribution in [1.82, 2.24) is 25.7 Å². The van der Waals surface area contributed by atoms with Crippen LogP contribution >= 0.6 is 24.0 Å². The molecule has 0 radical (unpaired) electrons. The van der Waals surface area contributed by atoms with Crippen molar-refractivity contribution in [1.29, 1.82) is 0 Å². The molecule has 0 spiro atoms. The van der Waals surface area contributed by atoms with E-state index in [0.29, 0.717) is 24.3 Å². The predicted octanol–water partition coefficient (Wildman–Crippen LogP) is 2.07. The minimum atomic E-state index is 0. The molecule has 1 aliphatic carbocycles. The molecule has 7 nitrogen and oxygen atoms in total. The van der Waals surface area contributed by atoms with Crippen molar-refractivity contribution < 1.29 is 4.52 Å². The second kappa shape index (κ2) is 9.55. The molecule has 1 atom stereocenters. The van der Waals surface area contributed by atoms with Crippen LogP contribution in [0, 0.1) is 6.92 Å². The Labute approximate surface area is 161 Å². The molecule has 1 aromatic heterocycles. The van der Waals surface area contributed by atoms with Crippen LogP contribution in [0.1, 0.15) is 50.7 Å². The van der Waals surface area contributed by atoms with Crippen molar-refractivity contribution in [3.8, 4) is 0 Å². The summed E-state index contributed by atoms with van der Waals surface area (Å²) in [7, 11) is 0. The van der Waals surface area contributed by atoms with Gasteiger partial charge in [-0.05, 0) is 26.2 Å². The number of hydrogen-bond donors (Lipinski definition) is 2. The van der Waals surface area contributed by atoms with Gasteiger partial charge in [0.15, 0.2) is 11.8 Å². The molecule has 1 aliphatic heterocycles. The molecule has 0 bridgehead atoms. The summed E-state index contributed by atoms with van der Waals surface area (Å²) in [4.78, 5) is 11.4. The van der Waals surface area contributed by atoms with Crippen LogP contribution in [0.3, 0.4) is 0 Å². The zero-order chi connectivity index (χ0) is 16.1. The first-order chi connectivity index (χ1) is 11.2. The van der Waals surface area contributed by atoms with Crippen molar-refractivity contribution >= 4 is 29.9 Å². The monoisotopic (exact) mass is 448 g/mol. The van der Waals surface area contributed by atoms with Gasteiger partial charge in [0.1, 0.15) is 6.54 Å². The molecule has 1 saturated carbocycles. The van der Waals surface area contributed by atoms with E-state index in [-0.39, 0.29) is 24.0 Å². The number of halogens is 1.